The van der Waals surface area contributed by atoms with Gasteiger partial charge in [0.1, 0.15) is 0 Å². The summed E-state index contributed by atoms with van der Waals surface area (Å²) in [5, 5.41) is 0. The van der Waals surface area contributed by atoms with Gasteiger partial charge < -0.3 is 9.53 Å². The van der Waals surface area contributed by atoms with E-state index in [1.54, 1.807) is 0 Å². The number of methoxy groups -OCH3 is 1. The average molecular weight is 178 g/mol. The Morgan fingerprint density at radius 3 is 2.67 bits per heavy atom. The third kappa shape index (κ3) is 2.81. The van der Waals surface area contributed by atoms with Gasteiger partial charge in [0, 0.05) is 5.78 Å². The normalized spacial score (nSPS) is 16.8. The Morgan fingerprint density at radius 2 is 2.17 bits per heavy atom. The third-order valence-corrected chi connectivity index (χ3v) is 1.85. The van der Waals surface area contributed by atoms with Crippen molar-refractivity contribution in [2.24, 2.45) is 0 Å². The second-order valence-electron chi connectivity index (χ2n) is 2.60. The Balaban J connectivity index is 0.00000121. The molecule has 0 atom stereocenters. The van der Waals surface area contributed by atoms with Gasteiger partial charge in [-0.2, -0.15) is 0 Å². The van der Waals surface area contributed by atoms with Crippen LogP contribution in [0.15, 0.2) is 0 Å². The second-order valence-corrected chi connectivity index (χ2v) is 2.60. The number of hydrogen-bond donors (Lipinski definition) is 0. The number of ether oxygens (including phenoxy) is 1. The minimum Gasteiger partial charge on any atom is -0.491 e. The van der Waals surface area contributed by atoms with Crippen molar-refractivity contribution in [3.05, 3.63) is 5.92 Å². The average Bonchev–Trinajstić information content (AvgIpc) is 2.04. The van der Waals surface area contributed by atoms with Crippen molar-refractivity contribution in [1.82, 2.24) is 0 Å². The van der Waals surface area contributed by atoms with Crippen LogP contribution in [0.3, 0.4) is 0 Å². The molecule has 1 rings (SSSR count). The molecule has 0 radical (unpaired) electrons. The molecule has 1 fully saturated rings. The maximum Gasteiger partial charge on any atom is 1.00 e. The van der Waals surface area contributed by atoms with Crippen LogP contribution in [0.5, 0.6) is 0 Å². The molecule has 0 aromatic heterocycles. The van der Waals surface area contributed by atoms with Crippen LogP contribution in [-0.4, -0.2) is 18.9 Å². The molecule has 1 aliphatic rings. The first-order chi connectivity index (χ1) is 5.25. The predicted octanol–water partition coefficient (Wildman–Crippen LogP) is -2.12. The zero-order chi connectivity index (χ0) is 8.27. The first-order valence-electron chi connectivity index (χ1n) is 3.73. The maximum atomic E-state index is 11.1. The van der Waals surface area contributed by atoms with Gasteiger partial charge >= 0.3 is 29.6 Å². The van der Waals surface area contributed by atoms with Crippen molar-refractivity contribution in [2.45, 2.75) is 25.7 Å². The Morgan fingerprint density at radius 1 is 1.50 bits per heavy atom. The maximum absolute atomic E-state index is 11.1. The monoisotopic (exact) mass is 178 g/mol. The SMILES string of the molecule is COC(=O)[C-]1CCCCC1=O.[Na+]. The summed E-state index contributed by atoms with van der Waals surface area (Å²) in [5.74, 6) is -0.142. The minimum atomic E-state index is -0.449. The first kappa shape index (κ1) is 12.0. The number of hydrogen-bond acceptors (Lipinski definition) is 3. The number of Topliss-reactive ketones (excluding diaryl/α,β-unsaturated/α-hetero) is 1. The molecule has 0 amide bonds. The Bertz CT molecular complexity index is 171. The Kier molecular flexibility index (Phi) is 5.63. The number of esters is 1. The zero-order valence-electron chi connectivity index (χ0n) is 7.55. The van der Waals surface area contributed by atoms with Crippen LogP contribution in [0.2, 0.25) is 0 Å². The van der Waals surface area contributed by atoms with Crippen molar-refractivity contribution in [3.8, 4) is 0 Å². The number of carbonyl (C=O) groups is 2. The molecule has 3 nitrogen and oxygen atoms in total. The molecule has 0 unspecified atom stereocenters. The predicted molar refractivity (Wildman–Crippen MR) is 38.7 cm³/mol. The molecule has 0 bridgehead atoms. The zero-order valence-corrected chi connectivity index (χ0v) is 9.55. The summed E-state index contributed by atoms with van der Waals surface area (Å²) in [7, 11) is 1.30. The summed E-state index contributed by atoms with van der Waals surface area (Å²) in [6.07, 6.45) is 2.92. The van der Waals surface area contributed by atoms with Crippen molar-refractivity contribution in [1.29, 1.82) is 0 Å². The van der Waals surface area contributed by atoms with Gasteiger partial charge in [-0.05, 0) is 6.42 Å². The molecular formula is C8H11NaO3. The second kappa shape index (κ2) is 5.62. The van der Waals surface area contributed by atoms with Gasteiger partial charge in [-0.1, -0.05) is 12.8 Å². The number of rotatable bonds is 1. The van der Waals surface area contributed by atoms with Gasteiger partial charge in [-0.3, -0.25) is 4.79 Å². The van der Waals surface area contributed by atoms with Crippen LogP contribution in [0.1, 0.15) is 25.7 Å². The standard InChI is InChI=1S/C8H11O3.Na/c1-11-8(10)6-4-2-3-5-7(6)9;/h2-5H2,1H3;/q-1;+1. The van der Waals surface area contributed by atoms with E-state index in [0.29, 0.717) is 18.8 Å². The molecule has 0 aliphatic heterocycles. The molecule has 0 aromatic rings. The summed E-state index contributed by atoms with van der Waals surface area (Å²) in [4.78, 5) is 22.0. The molecule has 1 saturated carbocycles. The number of carbonyl (C=O) groups excluding carboxylic acids is 2. The van der Waals surface area contributed by atoms with E-state index < -0.39 is 5.97 Å². The van der Waals surface area contributed by atoms with Crippen molar-refractivity contribution >= 4 is 11.8 Å². The number of ketones is 1. The molecule has 0 saturated heterocycles. The van der Waals surface area contributed by atoms with Gasteiger partial charge in [0.15, 0.2) is 5.97 Å². The van der Waals surface area contributed by atoms with E-state index in [0.717, 1.165) is 12.8 Å². The van der Waals surface area contributed by atoms with Crippen LogP contribution in [0, 0.1) is 5.92 Å². The van der Waals surface area contributed by atoms with Gasteiger partial charge in [-0.25, -0.2) is 5.92 Å². The summed E-state index contributed by atoms with van der Waals surface area (Å²) in [6.45, 7) is 0. The topological polar surface area (TPSA) is 43.4 Å². The van der Waals surface area contributed by atoms with Crippen LogP contribution in [-0.2, 0) is 14.3 Å². The fourth-order valence-corrected chi connectivity index (χ4v) is 1.22. The quantitative estimate of drug-likeness (QED) is 0.262. The smallest absolute Gasteiger partial charge is 0.491 e. The van der Waals surface area contributed by atoms with Gasteiger partial charge in [0.05, 0.1) is 7.11 Å². The van der Waals surface area contributed by atoms with Crippen LogP contribution in [0.4, 0.5) is 0 Å². The van der Waals surface area contributed by atoms with Crippen molar-refractivity contribution < 1.29 is 43.9 Å². The van der Waals surface area contributed by atoms with E-state index in [1.807, 2.05) is 0 Å². The fourth-order valence-electron chi connectivity index (χ4n) is 1.22. The van der Waals surface area contributed by atoms with Gasteiger partial charge in [0.2, 0.25) is 0 Å². The molecule has 1 aliphatic carbocycles. The van der Waals surface area contributed by atoms with E-state index in [-0.39, 0.29) is 35.3 Å². The molecule has 0 aromatic carbocycles. The van der Waals surface area contributed by atoms with E-state index in [4.69, 9.17) is 0 Å². The summed E-state index contributed by atoms with van der Waals surface area (Å²) >= 11 is 0. The van der Waals surface area contributed by atoms with Crippen LogP contribution in [0.25, 0.3) is 0 Å². The molecule has 62 valence electrons. The molecule has 0 N–H and O–H groups in total. The van der Waals surface area contributed by atoms with Crippen LogP contribution < -0.4 is 29.6 Å². The van der Waals surface area contributed by atoms with Crippen molar-refractivity contribution in [2.75, 3.05) is 7.11 Å². The van der Waals surface area contributed by atoms with Gasteiger partial charge in [-0.15, -0.1) is 6.42 Å². The van der Waals surface area contributed by atoms with E-state index in [1.165, 1.54) is 7.11 Å². The first-order valence-corrected chi connectivity index (χ1v) is 3.73. The summed E-state index contributed by atoms with van der Waals surface area (Å²) in [5.41, 5.74) is 0. The minimum absolute atomic E-state index is 0. The molecule has 12 heavy (non-hydrogen) atoms. The van der Waals surface area contributed by atoms with Crippen molar-refractivity contribution in [3.63, 3.8) is 0 Å². The van der Waals surface area contributed by atoms with Crippen LogP contribution >= 0.6 is 0 Å². The molecule has 4 heteroatoms. The molecule has 0 spiro atoms. The van der Waals surface area contributed by atoms with E-state index >= 15 is 0 Å². The Hall–Kier alpha value is 0.0100. The van der Waals surface area contributed by atoms with Gasteiger partial charge in [0.25, 0.3) is 0 Å². The Labute approximate surface area is 94.1 Å². The molecule has 0 heterocycles. The summed E-state index contributed by atoms with van der Waals surface area (Å²) in [6, 6.07) is 0. The third-order valence-electron chi connectivity index (χ3n) is 1.85. The van der Waals surface area contributed by atoms with E-state index in [2.05, 4.69) is 4.74 Å². The van der Waals surface area contributed by atoms with E-state index in [9.17, 15) is 9.59 Å². The fraction of sp³-hybridized carbons (Fsp3) is 0.625. The largest absolute Gasteiger partial charge is 1.00 e. The summed E-state index contributed by atoms with van der Waals surface area (Å²) < 4.78 is 4.46. The molecular weight excluding hydrogens is 167 g/mol.